The van der Waals surface area contributed by atoms with Crippen molar-refractivity contribution in [1.82, 2.24) is 0 Å². The highest BCUT2D eigenvalue weighted by Gasteiger charge is 2.15. The van der Waals surface area contributed by atoms with Crippen LogP contribution < -0.4 is 5.30 Å². The Labute approximate surface area is 76.0 Å². The molecule has 0 aromatic heterocycles. The second-order valence-electron chi connectivity index (χ2n) is 3.63. The summed E-state index contributed by atoms with van der Waals surface area (Å²) in [6.45, 7) is 5.63. The van der Waals surface area contributed by atoms with E-state index >= 15 is 0 Å². The van der Waals surface area contributed by atoms with Crippen LogP contribution in [-0.4, -0.2) is 5.11 Å². The standard InChI is InChI=1S/C10H15OP/c1-7-6-8(10(2,3)11)4-5-9(7)12/h4-6,11H,12H2,1-3H3. The number of aryl methyl sites for hydroxylation is 1. The van der Waals surface area contributed by atoms with E-state index in [-0.39, 0.29) is 0 Å². The third-order valence-corrected chi connectivity index (χ3v) is 2.62. The summed E-state index contributed by atoms with van der Waals surface area (Å²) in [5, 5.41) is 10.9. The minimum atomic E-state index is -0.733. The van der Waals surface area contributed by atoms with Gasteiger partial charge in [0.25, 0.3) is 0 Å². The van der Waals surface area contributed by atoms with Crippen molar-refractivity contribution in [1.29, 1.82) is 0 Å². The number of benzene rings is 1. The van der Waals surface area contributed by atoms with Crippen LogP contribution in [0.15, 0.2) is 18.2 Å². The molecule has 0 saturated carbocycles. The molecule has 0 spiro atoms. The molecule has 1 aromatic carbocycles. The quantitative estimate of drug-likeness (QED) is 0.656. The third kappa shape index (κ3) is 2.06. The van der Waals surface area contributed by atoms with Crippen LogP contribution in [0.25, 0.3) is 0 Å². The number of aliphatic hydroxyl groups is 1. The predicted molar refractivity (Wildman–Crippen MR) is 55.8 cm³/mol. The van der Waals surface area contributed by atoms with Gasteiger partial charge in [0.05, 0.1) is 5.60 Å². The van der Waals surface area contributed by atoms with Gasteiger partial charge in [0.15, 0.2) is 0 Å². The Morgan fingerprint density at radius 2 is 1.92 bits per heavy atom. The Bertz CT molecular complexity index is 286. The summed E-state index contributed by atoms with van der Waals surface area (Å²) >= 11 is 0. The van der Waals surface area contributed by atoms with E-state index in [2.05, 4.69) is 9.24 Å². The Morgan fingerprint density at radius 1 is 1.33 bits per heavy atom. The van der Waals surface area contributed by atoms with Crippen LogP contribution in [0.4, 0.5) is 0 Å². The highest BCUT2D eigenvalue weighted by molar-refractivity contribution is 7.27. The summed E-state index contributed by atoms with van der Waals surface area (Å²) in [4.78, 5) is 0. The zero-order valence-corrected chi connectivity index (χ0v) is 8.91. The average molecular weight is 182 g/mol. The number of hydrogen-bond acceptors (Lipinski definition) is 1. The van der Waals surface area contributed by atoms with Gasteiger partial charge in [-0.2, -0.15) is 0 Å². The lowest BCUT2D eigenvalue weighted by atomic mass is 9.97. The lowest BCUT2D eigenvalue weighted by Crippen LogP contribution is -2.16. The maximum Gasteiger partial charge on any atom is 0.0840 e. The van der Waals surface area contributed by atoms with Crippen LogP contribution in [0.2, 0.25) is 0 Å². The first-order chi connectivity index (χ1) is 5.41. The van der Waals surface area contributed by atoms with Gasteiger partial charge in [0.2, 0.25) is 0 Å². The molecule has 0 aliphatic carbocycles. The Hall–Kier alpha value is -0.390. The normalized spacial score (nSPS) is 11.8. The van der Waals surface area contributed by atoms with Gasteiger partial charge in [-0.3, -0.25) is 0 Å². The molecule has 1 N–H and O–H groups in total. The van der Waals surface area contributed by atoms with E-state index < -0.39 is 5.60 Å². The van der Waals surface area contributed by atoms with Gasteiger partial charge in [-0.1, -0.05) is 18.2 Å². The SMILES string of the molecule is Cc1cc(C(C)(C)O)ccc1P. The maximum absolute atomic E-state index is 9.70. The van der Waals surface area contributed by atoms with E-state index in [9.17, 15) is 5.11 Å². The van der Waals surface area contributed by atoms with E-state index in [1.54, 1.807) is 13.8 Å². The van der Waals surface area contributed by atoms with Crippen LogP contribution >= 0.6 is 9.24 Å². The molecule has 1 atom stereocenters. The molecule has 0 heterocycles. The lowest BCUT2D eigenvalue weighted by Gasteiger charge is -2.18. The van der Waals surface area contributed by atoms with Crippen molar-refractivity contribution in [3.05, 3.63) is 29.3 Å². The first-order valence-electron chi connectivity index (χ1n) is 4.00. The summed E-state index contributed by atoms with van der Waals surface area (Å²) in [5.41, 5.74) is 1.43. The molecule has 1 rings (SSSR count). The number of rotatable bonds is 1. The highest BCUT2D eigenvalue weighted by atomic mass is 31.0. The summed E-state index contributed by atoms with van der Waals surface area (Å²) in [7, 11) is 2.67. The summed E-state index contributed by atoms with van der Waals surface area (Å²) in [5.74, 6) is 0. The first kappa shape index (κ1) is 9.70. The molecular weight excluding hydrogens is 167 g/mol. The fourth-order valence-electron chi connectivity index (χ4n) is 1.06. The largest absolute Gasteiger partial charge is 0.386 e. The molecule has 66 valence electrons. The second-order valence-corrected chi connectivity index (χ2v) is 4.25. The van der Waals surface area contributed by atoms with E-state index in [4.69, 9.17) is 0 Å². The minimum Gasteiger partial charge on any atom is -0.386 e. The van der Waals surface area contributed by atoms with Crippen molar-refractivity contribution in [2.24, 2.45) is 0 Å². The first-order valence-corrected chi connectivity index (χ1v) is 4.58. The molecular formula is C10H15OP. The van der Waals surface area contributed by atoms with Gasteiger partial charge in [0, 0.05) is 0 Å². The topological polar surface area (TPSA) is 20.2 Å². The molecule has 0 amide bonds. The molecule has 0 aliphatic rings. The Kier molecular flexibility index (Phi) is 2.55. The van der Waals surface area contributed by atoms with Gasteiger partial charge in [-0.15, -0.1) is 9.24 Å². The smallest absolute Gasteiger partial charge is 0.0840 e. The van der Waals surface area contributed by atoms with Gasteiger partial charge >= 0.3 is 0 Å². The zero-order chi connectivity index (χ0) is 9.35. The van der Waals surface area contributed by atoms with Crippen LogP contribution in [0.5, 0.6) is 0 Å². The third-order valence-electron chi connectivity index (χ3n) is 1.98. The molecule has 0 saturated heterocycles. The van der Waals surface area contributed by atoms with Gasteiger partial charge in [0.1, 0.15) is 0 Å². The van der Waals surface area contributed by atoms with Crippen molar-refractivity contribution in [3.63, 3.8) is 0 Å². The molecule has 2 heteroatoms. The van der Waals surface area contributed by atoms with Gasteiger partial charge in [-0.05, 0) is 37.2 Å². The van der Waals surface area contributed by atoms with Crippen LogP contribution in [0.1, 0.15) is 25.0 Å². The van der Waals surface area contributed by atoms with Crippen LogP contribution in [-0.2, 0) is 5.60 Å². The van der Waals surface area contributed by atoms with Crippen molar-refractivity contribution >= 4 is 14.5 Å². The number of hydrogen-bond donors (Lipinski definition) is 1. The molecule has 1 unspecified atom stereocenters. The van der Waals surface area contributed by atoms with E-state index in [0.29, 0.717) is 0 Å². The van der Waals surface area contributed by atoms with E-state index in [1.165, 1.54) is 10.9 Å². The molecule has 0 bridgehead atoms. The summed E-state index contributed by atoms with van der Waals surface area (Å²) < 4.78 is 0. The Morgan fingerprint density at radius 3 is 2.33 bits per heavy atom. The molecule has 1 nitrogen and oxygen atoms in total. The molecule has 12 heavy (non-hydrogen) atoms. The van der Waals surface area contributed by atoms with Crippen molar-refractivity contribution in [2.45, 2.75) is 26.4 Å². The highest BCUT2D eigenvalue weighted by Crippen LogP contribution is 2.19. The molecule has 0 fully saturated rings. The van der Waals surface area contributed by atoms with Crippen LogP contribution in [0, 0.1) is 6.92 Å². The summed E-state index contributed by atoms with van der Waals surface area (Å²) in [6.07, 6.45) is 0. The van der Waals surface area contributed by atoms with E-state index in [1.807, 2.05) is 25.1 Å². The van der Waals surface area contributed by atoms with Crippen molar-refractivity contribution in [2.75, 3.05) is 0 Å². The van der Waals surface area contributed by atoms with Crippen molar-refractivity contribution in [3.8, 4) is 0 Å². The summed E-state index contributed by atoms with van der Waals surface area (Å²) in [6, 6.07) is 5.98. The predicted octanol–water partition coefficient (Wildman–Crippen LogP) is 1.72. The molecule has 0 aliphatic heterocycles. The zero-order valence-electron chi connectivity index (χ0n) is 7.76. The lowest BCUT2D eigenvalue weighted by molar-refractivity contribution is 0.0786. The van der Waals surface area contributed by atoms with E-state index in [0.717, 1.165) is 5.56 Å². The minimum absolute atomic E-state index is 0.733. The molecule has 1 aromatic rings. The van der Waals surface area contributed by atoms with Gasteiger partial charge in [-0.25, -0.2) is 0 Å². The molecule has 0 radical (unpaired) electrons. The van der Waals surface area contributed by atoms with Gasteiger partial charge < -0.3 is 5.11 Å². The average Bonchev–Trinajstić information content (AvgIpc) is 1.92. The monoisotopic (exact) mass is 182 g/mol. The van der Waals surface area contributed by atoms with Crippen LogP contribution in [0.3, 0.4) is 0 Å². The maximum atomic E-state index is 9.70. The second kappa shape index (κ2) is 3.16. The fourth-order valence-corrected chi connectivity index (χ4v) is 1.24. The van der Waals surface area contributed by atoms with Crippen molar-refractivity contribution < 1.29 is 5.11 Å². The Balaban J connectivity index is 3.14. The fraction of sp³-hybridized carbons (Fsp3) is 0.400.